The Bertz CT molecular complexity index is 707. The first-order valence-electron chi connectivity index (χ1n) is 6.72. The molecule has 0 aromatic heterocycles. The molecule has 1 aliphatic heterocycles. The van der Waals surface area contributed by atoms with Gasteiger partial charge in [-0.3, -0.25) is 4.79 Å². The molecule has 0 saturated heterocycles. The van der Waals surface area contributed by atoms with Crippen LogP contribution in [0.25, 0.3) is 0 Å². The molecule has 0 atom stereocenters. The van der Waals surface area contributed by atoms with Crippen LogP contribution in [-0.4, -0.2) is 11.9 Å². The molecule has 2 aromatic rings. The van der Waals surface area contributed by atoms with Gasteiger partial charge in [-0.15, -0.1) is 0 Å². The normalized spacial score (nSPS) is 15.2. The lowest BCUT2D eigenvalue weighted by molar-refractivity contribution is 0.112. The fourth-order valence-electron chi connectivity index (χ4n) is 2.51. The van der Waals surface area contributed by atoms with E-state index in [2.05, 4.69) is 0 Å². The lowest BCUT2D eigenvalue weighted by Crippen LogP contribution is -2.24. The van der Waals surface area contributed by atoms with Crippen LogP contribution >= 0.6 is 11.6 Å². The van der Waals surface area contributed by atoms with Crippen LogP contribution in [0.2, 0.25) is 5.02 Å². The van der Waals surface area contributed by atoms with Crippen molar-refractivity contribution in [3.05, 3.63) is 52.5 Å². The van der Waals surface area contributed by atoms with Crippen molar-refractivity contribution in [2.45, 2.75) is 25.9 Å². The van der Waals surface area contributed by atoms with E-state index < -0.39 is 0 Å². The summed E-state index contributed by atoms with van der Waals surface area (Å²) in [5.74, 6) is 1.77. The number of carbonyl (C=O) groups is 1. The van der Waals surface area contributed by atoms with E-state index in [0.717, 1.165) is 17.7 Å². The van der Waals surface area contributed by atoms with Gasteiger partial charge in [0.25, 0.3) is 0 Å². The van der Waals surface area contributed by atoms with E-state index in [0.29, 0.717) is 28.4 Å². The molecule has 108 valence electrons. The molecule has 0 amide bonds. The Morgan fingerprint density at radius 3 is 2.67 bits per heavy atom. The van der Waals surface area contributed by atoms with E-state index in [1.54, 1.807) is 18.2 Å². The smallest absolute Gasteiger partial charge is 0.169 e. The number of rotatable bonds is 3. The molecule has 0 unspecified atom stereocenters. The van der Waals surface area contributed by atoms with Gasteiger partial charge in [0, 0.05) is 12.0 Å². The van der Waals surface area contributed by atoms with Gasteiger partial charge >= 0.3 is 0 Å². The second-order valence-electron chi connectivity index (χ2n) is 5.65. The largest absolute Gasteiger partial charge is 0.483 e. The first kappa shape index (κ1) is 14.0. The first-order valence-corrected chi connectivity index (χ1v) is 7.10. The van der Waals surface area contributed by atoms with Gasteiger partial charge < -0.3 is 9.47 Å². The van der Waals surface area contributed by atoms with Crippen molar-refractivity contribution in [1.29, 1.82) is 0 Å². The molecule has 0 N–H and O–H groups in total. The Hall–Kier alpha value is -2.00. The van der Waals surface area contributed by atoms with Crippen LogP contribution in [0.5, 0.6) is 17.2 Å². The summed E-state index contributed by atoms with van der Waals surface area (Å²) in [5.41, 5.74) is 1.20. The molecule has 1 aliphatic rings. The highest BCUT2D eigenvalue weighted by molar-refractivity contribution is 6.33. The van der Waals surface area contributed by atoms with Crippen molar-refractivity contribution >= 4 is 17.9 Å². The van der Waals surface area contributed by atoms with Gasteiger partial charge in [-0.25, -0.2) is 0 Å². The summed E-state index contributed by atoms with van der Waals surface area (Å²) in [6.45, 7) is 4.07. The fraction of sp³-hybridized carbons (Fsp3) is 0.235. The predicted molar refractivity (Wildman–Crippen MR) is 81.8 cm³/mol. The van der Waals surface area contributed by atoms with Crippen LogP contribution in [0, 0.1) is 0 Å². The molecule has 0 radical (unpaired) electrons. The van der Waals surface area contributed by atoms with Gasteiger partial charge in [0.15, 0.2) is 17.8 Å². The van der Waals surface area contributed by atoms with Gasteiger partial charge in [-0.2, -0.15) is 0 Å². The monoisotopic (exact) mass is 302 g/mol. The van der Waals surface area contributed by atoms with E-state index in [9.17, 15) is 4.79 Å². The van der Waals surface area contributed by atoms with Crippen LogP contribution in [0.15, 0.2) is 36.4 Å². The maximum atomic E-state index is 11.2. The second-order valence-corrected chi connectivity index (χ2v) is 6.06. The number of benzene rings is 2. The number of halogens is 1. The van der Waals surface area contributed by atoms with Crippen molar-refractivity contribution < 1.29 is 14.3 Å². The molecule has 1 heterocycles. The lowest BCUT2D eigenvalue weighted by Gasteiger charge is -2.18. The average Bonchev–Trinajstić information content (AvgIpc) is 2.74. The van der Waals surface area contributed by atoms with Gasteiger partial charge in [0.1, 0.15) is 11.4 Å². The number of fused-ring (bicyclic) bond motifs is 1. The summed E-state index contributed by atoms with van der Waals surface area (Å²) >= 11 is 6.02. The topological polar surface area (TPSA) is 35.5 Å². The average molecular weight is 303 g/mol. The highest BCUT2D eigenvalue weighted by Crippen LogP contribution is 2.44. The predicted octanol–water partition coefficient (Wildman–Crippen LogP) is 4.66. The summed E-state index contributed by atoms with van der Waals surface area (Å²) in [4.78, 5) is 11.2. The molecule has 0 saturated carbocycles. The Morgan fingerprint density at radius 2 is 1.90 bits per heavy atom. The second kappa shape index (κ2) is 5.08. The van der Waals surface area contributed by atoms with E-state index in [1.165, 1.54) is 0 Å². The molecule has 0 spiro atoms. The van der Waals surface area contributed by atoms with E-state index >= 15 is 0 Å². The molecule has 21 heavy (non-hydrogen) atoms. The third-order valence-corrected chi connectivity index (χ3v) is 3.74. The Kier molecular flexibility index (Phi) is 3.38. The molecule has 3 nitrogen and oxygen atoms in total. The number of hydrogen-bond acceptors (Lipinski definition) is 3. The highest BCUT2D eigenvalue weighted by Gasteiger charge is 2.32. The quantitative estimate of drug-likeness (QED) is 0.774. The number of para-hydroxylation sites is 1. The minimum absolute atomic E-state index is 0.246. The van der Waals surface area contributed by atoms with Gasteiger partial charge in [0.2, 0.25) is 0 Å². The maximum absolute atomic E-state index is 11.2. The van der Waals surface area contributed by atoms with Crippen molar-refractivity contribution in [2.75, 3.05) is 0 Å². The summed E-state index contributed by atoms with van der Waals surface area (Å²) in [7, 11) is 0. The van der Waals surface area contributed by atoms with Crippen LogP contribution < -0.4 is 9.47 Å². The molecular formula is C17H15ClO3. The lowest BCUT2D eigenvalue weighted by atomic mass is 10.0. The molecule has 2 aromatic carbocycles. The van der Waals surface area contributed by atoms with Crippen LogP contribution in [0.1, 0.15) is 29.8 Å². The van der Waals surface area contributed by atoms with Crippen molar-refractivity contribution in [2.24, 2.45) is 0 Å². The number of ether oxygens (including phenoxy) is 2. The summed E-state index contributed by atoms with van der Waals surface area (Å²) < 4.78 is 11.8. The highest BCUT2D eigenvalue weighted by atomic mass is 35.5. The van der Waals surface area contributed by atoms with Gasteiger partial charge in [-0.05, 0) is 32.0 Å². The first-order chi connectivity index (χ1) is 10.00. The Labute approximate surface area is 128 Å². The SMILES string of the molecule is CC1(C)Cc2cccc(Oc3cccc(Cl)c3C=O)c2O1. The summed E-state index contributed by atoms with van der Waals surface area (Å²) in [5, 5.41) is 0.372. The third kappa shape index (κ3) is 2.61. The van der Waals surface area contributed by atoms with Crippen molar-refractivity contribution in [1.82, 2.24) is 0 Å². The van der Waals surface area contributed by atoms with Crippen molar-refractivity contribution in [3.8, 4) is 17.2 Å². The molecule has 0 aliphatic carbocycles. The van der Waals surface area contributed by atoms with Crippen LogP contribution in [0.3, 0.4) is 0 Å². The third-order valence-electron chi connectivity index (χ3n) is 3.41. The zero-order valence-electron chi connectivity index (χ0n) is 11.9. The number of hydrogen-bond donors (Lipinski definition) is 0. The Morgan fingerprint density at radius 1 is 1.19 bits per heavy atom. The summed E-state index contributed by atoms with van der Waals surface area (Å²) in [6, 6.07) is 10.9. The van der Waals surface area contributed by atoms with E-state index in [4.69, 9.17) is 21.1 Å². The molecule has 3 rings (SSSR count). The number of carbonyl (C=O) groups excluding carboxylic acids is 1. The maximum Gasteiger partial charge on any atom is 0.169 e. The number of aldehydes is 1. The zero-order valence-corrected chi connectivity index (χ0v) is 12.6. The standard InChI is InChI=1S/C17H15ClO3/c1-17(2)9-11-5-3-8-15(16(11)21-17)20-14-7-4-6-13(18)12(14)10-19/h3-8,10H,9H2,1-2H3. The van der Waals surface area contributed by atoms with Crippen LogP contribution in [0.4, 0.5) is 0 Å². The fourth-order valence-corrected chi connectivity index (χ4v) is 2.72. The van der Waals surface area contributed by atoms with Gasteiger partial charge in [-0.1, -0.05) is 29.8 Å². The molecule has 0 bridgehead atoms. The van der Waals surface area contributed by atoms with Crippen LogP contribution in [-0.2, 0) is 6.42 Å². The zero-order chi connectivity index (χ0) is 15.0. The van der Waals surface area contributed by atoms with E-state index in [-0.39, 0.29) is 5.60 Å². The summed E-state index contributed by atoms with van der Waals surface area (Å²) in [6.07, 6.45) is 1.53. The van der Waals surface area contributed by atoms with E-state index in [1.807, 2.05) is 32.0 Å². The minimum atomic E-state index is -0.246. The van der Waals surface area contributed by atoms with Crippen molar-refractivity contribution in [3.63, 3.8) is 0 Å². The minimum Gasteiger partial charge on any atom is -0.483 e. The molecular weight excluding hydrogens is 288 g/mol. The van der Waals surface area contributed by atoms with Gasteiger partial charge in [0.05, 0.1) is 10.6 Å². The molecule has 0 fully saturated rings. The Balaban J connectivity index is 2.00. The molecule has 4 heteroatoms.